The number of fused-ring (bicyclic) bond motifs is 4. The molecule has 520 valence electrons. The molecule has 93 heavy (non-hydrogen) atoms. The lowest BCUT2D eigenvalue weighted by molar-refractivity contribution is -0.584. The number of aldehydes is 1. The summed E-state index contributed by atoms with van der Waals surface area (Å²) in [5, 5.41) is 62.1. The van der Waals surface area contributed by atoms with Crippen molar-refractivity contribution in [3.63, 3.8) is 0 Å². The van der Waals surface area contributed by atoms with Crippen molar-refractivity contribution in [3.8, 4) is 0 Å². The summed E-state index contributed by atoms with van der Waals surface area (Å²) in [6.45, 7) is 21.3. The van der Waals surface area contributed by atoms with E-state index in [1.807, 2.05) is 33.8 Å². The van der Waals surface area contributed by atoms with Crippen LogP contribution in [0.4, 0.5) is 4.79 Å². The Kier molecular flexibility index (Phi) is 21.6. The molecule has 26 heteroatoms. The first kappa shape index (κ1) is 71.0. The molecule has 4 unspecified atom stereocenters. The number of ketones is 1. The van der Waals surface area contributed by atoms with Crippen LogP contribution >= 0.6 is 0 Å². The van der Waals surface area contributed by atoms with Crippen LogP contribution < -0.4 is 5.32 Å². The SMILES string of the molecule is COC(=O)N[C@H]1[C@@H](C)O[C@@H](O[C@H]2CCC(C)[C@H]3C=C[C@@H]4[C@@H](O[C@H]5C[C@@H](O[C@H]6CCC(O[C@H]7C[C@@H](O)C(O[C@H]8CC[C@@H](O)[C@H](C)O8)[C@H](C)O7)[C@H](C)O6)[C@@H](OC(C)=O)[C@H](C)O5)[C@@H](C)C[C@H](C)[C@H]4[C@]3(C)C(O)=C3C(=O)OC4(CC(C=O)=C[C@H](O)[C@H]4C=C2C)C3=O)C[C@]1(C)[N+](=O)[O-]. The minimum absolute atomic E-state index is 0.00833. The summed E-state index contributed by atoms with van der Waals surface area (Å²) in [6.07, 6.45) is -5.11. The van der Waals surface area contributed by atoms with E-state index >= 15 is 4.79 Å². The number of Topliss-reactive ketones (excluding diaryl/α,β-unsaturated/α-hetero) is 1. The third kappa shape index (κ3) is 14.1. The van der Waals surface area contributed by atoms with Gasteiger partial charge in [0.15, 0.2) is 43.2 Å². The van der Waals surface area contributed by atoms with Crippen molar-refractivity contribution in [1.29, 1.82) is 0 Å². The molecule has 5 N–H and O–H groups in total. The Labute approximate surface area is 543 Å². The number of carbonyl (C=O) groups is 5. The average molecular weight is 1320 g/mol. The number of nitrogens with one attached hydrogen (secondary N) is 1. The summed E-state index contributed by atoms with van der Waals surface area (Å²) in [7, 11) is 1.15. The Hall–Kier alpha value is -4.81. The molecule has 10 aliphatic rings. The van der Waals surface area contributed by atoms with Crippen molar-refractivity contribution in [2.75, 3.05) is 7.11 Å². The Morgan fingerprint density at radius 2 is 1.32 bits per heavy atom. The van der Waals surface area contributed by atoms with Gasteiger partial charge in [0.2, 0.25) is 11.3 Å². The molecule has 1 saturated carbocycles. The molecule has 6 heterocycles. The number of hydrogen-bond acceptors (Lipinski definition) is 24. The summed E-state index contributed by atoms with van der Waals surface area (Å²) in [4.78, 5) is 80.5. The van der Waals surface area contributed by atoms with Crippen molar-refractivity contribution >= 4 is 30.1 Å². The van der Waals surface area contributed by atoms with Crippen LogP contribution in [0.15, 0.2) is 46.8 Å². The second-order valence-corrected chi connectivity index (χ2v) is 28.6. The number of hydrogen-bond donors (Lipinski definition) is 5. The highest BCUT2D eigenvalue weighted by Gasteiger charge is 2.65. The van der Waals surface area contributed by atoms with Gasteiger partial charge in [-0.05, 0) is 120 Å². The molecule has 0 aromatic heterocycles. The van der Waals surface area contributed by atoms with Crippen LogP contribution in [-0.4, -0.2) is 197 Å². The fourth-order valence-corrected chi connectivity index (χ4v) is 17.3. The van der Waals surface area contributed by atoms with E-state index in [-0.39, 0.29) is 49.0 Å². The quantitative estimate of drug-likeness (QED) is 0.0237. The molecule has 4 aliphatic carbocycles. The van der Waals surface area contributed by atoms with E-state index < -0.39 is 210 Å². The highest BCUT2D eigenvalue weighted by Crippen LogP contribution is 2.61. The van der Waals surface area contributed by atoms with Gasteiger partial charge in [0.25, 0.3) is 0 Å². The zero-order chi connectivity index (χ0) is 67.5. The highest BCUT2D eigenvalue weighted by atomic mass is 16.8. The van der Waals surface area contributed by atoms with Gasteiger partial charge in [-0.1, -0.05) is 45.9 Å². The fourth-order valence-electron chi connectivity index (χ4n) is 17.3. The predicted molar refractivity (Wildman–Crippen MR) is 325 cm³/mol. The van der Waals surface area contributed by atoms with E-state index in [1.165, 1.54) is 19.9 Å². The van der Waals surface area contributed by atoms with Crippen LogP contribution in [0.2, 0.25) is 0 Å². The zero-order valence-electron chi connectivity index (χ0n) is 55.7. The van der Waals surface area contributed by atoms with Crippen molar-refractivity contribution < 1.29 is 111 Å². The standard InChI is InChI=1S/C67H98N2O24/c1-30-14-18-47(88-54-28-65(11,69(79)80)60(38(9)86-54)68-64(78)81-13)31(2)23-43-45(73)24-40(29-70)27-67(43)62(76)55(63(77)93-67)61(75)66(12)42(30)16-15-41-56(66)32(3)22-33(4)57(41)92-53-26-49(59(37(8)85-53)87-39(10)71)90-50-21-19-48(35(6)83-50)89-52-25-46(74)58(36(7)84-52)91-51-20-17-44(72)34(5)82-51/h15-16,23-24,29-30,32-38,41-54,56-60,72-75H,14,17-22,25-28H2,1-13H3,(H,68,78)/t30?,32-,33-,34-,35-,36-,37-,38+,41-,42+,43+,44+,45-,46+,47-,48?,49+,50-,51-,52-,53-,54-,56+,57-,58?,59-,60-,65-,66+,67?/m0/s1. The summed E-state index contributed by atoms with van der Waals surface area (Å²) >= 11 is 0. The highest BCUT2D eigenvalue weighted by molar-refractivity contribution is 6.26. The first-order valence-corrected chi connectivity index (χ1v) is 33.4. The number of ether oxygens (including phenoxy) is 13. The maximum Gasteiger partial charge on any atom is 0.407 e. The lowest BCUT2D eigenvalue weighted by atomic mass is 9.48. The van der Waals surface area contributed by atoms with Crippen molar-refractivity contribution in [2.24, 2.45) is 46.8 Å². The van der Waals surface area contributed by atoms with Crippen LogP contribution in [0.3, 0.4) is 0 Å². The third-order valence-electron chi connectivity index (χ3n) is 22.1. The Morgan fingerprint density at radius 3 is 1.98 bits per heavy atom. The van der Waals surface area contributed by atoms with Crippen LogP contribution in [0.1, 0.15) is 154 Å². The molecule has 6 saturated heterocycles. The number of rotatable bonds is 14. The number of methoxy groups -OCH3 is 1. The molecule has 1 amide bonds. The minimum atomic E-state index is -2.18. The van der Waals surface area contributed by atoms with Crippen LogP contribution in [0.25, 0.3) is 0 Å². The van der Waals surface area contributed by atoms with Crippen LogP contribution in [-0.2, 0) is 80.8 Å². The zero-order valence-corrected chi connectivity index (χ0v) is 55.7. The van der Waals surface area contributed by atoms with E-state index in [0.29, 0.717) is 50.4 Å². The molecule has 7 fully saturated rings. The number of carbonyl (C=O) groups excluding carboxylic acids is 5. The molecule has 1 spiro atoms. The first-order chi connectivity index (χ1) is 43.9. The largest absolute Gasteiger partial charge is 0.511 e. The van der Waals surface area contributed by atoms with E-state index in [1.54, 1.807) is 33.8 Å². The number of nitro groups is 1. The number of aliphatic hydroxyl groups excluding tert-OH is 4. The lowest BCUT2D eigenvalue weighted by Gasteiger charge is -2.57. The predicted octanol–water partition coefficient (Wildman–Crippen LogP) is 6.44. The molecule has 0 radical (unpaired) electrons. The Bertz CT molecular complexity index is 2890. The van der Waals surface area contributed by atoms with Gasteiger partial charge in [-0.3, -0.25) is 24.5 Å². The fraction of sp³-hybridized carbons (Fsp3) is 0.806. The van der Waals surface area contributed by atoms with Gasteiger partial charge >= 0.3 is 18.0 Å². The summed E-state index contributed by atoms with van der Waals surface area (Å²) in [5.41, 5.74) is -5.44. The normalized spacial score (nSPS) is 47.1. The molecule has 26 nitrogen and oxygen atoms in total. The number of alkyl carbamates (subject to hydrolysis) is 1. The van der Waals surface area contributed by atoms with E-state index in [0.717, 1.165) is 7.11 Å². The molecular formula is C67H98N2O24. The van der Waals surface area contributed by atoms with Gasteiger partial charge in [0.05, 0.1) is 86.6 Å². The summed E-state index contributed by atoms with van der Waals surface area (Å²) < 4.78 is 81.6. The average Bonchev–Trinajstić information content (AvgIpc) is 1.68. The summed E-state index contributed by atoms with van der Waals surface area (Å²) in [6, 6.07) is -1.11. The molecule has 6 aliphatic heterocycles. The van der Waals surface area contributed by atoms with Crippen LogP contribution in [0, 0.1) is 57.0 Å². The molecular weight excluding hydrogens is 1220 g/mol. The van der Waals surface area contributed by atoms with Crippen LogP contribution in [0.5, 0.6) is 0 Å². The van der Waals surface area contributed by atoms with Gasteiger partial charge in [-0.25, -0.2) is 9.59 Å². The molecule has 10 rings (SSSR count). The van der Waals surface area contributed by atoms with E-state index in [2.05, 4.69) is 25.2 Å². The Morgan fingerprint density at radius 1 is 0.688 bits per heavy atom. The maximum absolute atomic E-state index is 15.6. The summed E-state index contributed by atoms with van der Waals surface area (Å²) in [5.74, 6) is -6.43. The smallest absolute Gasteiger partial charge is 0.407 e. The lowest BCUT2D eigenvalue weighted by Crippen LogP contribution is -2.65. The topological polar surface area (TPSA) is 341 Å². The number of allylic oxidation sites excluding steroid dienone is 2. The van der Waals surface area contributed by atoms with E-state index in [9.17, 15) is 49.7 Å². The second kappa shape index (κ2) is 28.3. The maximum atomic E-state index is 15.6. The molecule has 30 atom stereocenters. The molecule has 0 aromatic rings. The van der Waals surface area contributed by atoms with Crippen molar-refractivity contribution in [2.45, 2.75) is 288 Å². The molecule has 2 bridgehead atoms. The van der Waals surface area contributed by atoms with Gasteiger partial charge in [-0.2, -0.15) is 0 Å². The second-order valence-electron chi connectivity index (χ2n) is 28.6. The van der Waals surface area contributed by atoms with Gasteiger partial charge < -0.3 is 87.3 Å². The first-order valence-electron chi connectivity index (χ1n) is 33.4. The molecule has 0 aromatic carbocycles. The van der Waals surface area contributed by atoms with Gasteiger partial charge in [0, 0.05) is 62.2 Å². The number of esters is 2. The number of nitrogens with zero attached hydrogens (tertiary/aromatic N) is 1. The van der Waals surface area contributed by atoms with Gasteiger partial charge in [0.1, 0.15) is 35.9 Å². The number of aliphatic hydroxyl groups is 4. The van der Waals surface area contributed by atoms with Crippen molar-refractivity contribution in [3.05, 3.63) is 56.9 Å². The minimum Gasteiger partial charge on any atom is -0.511 e. The van der Waals surface area contributed by atoms with E-state index in [4.69, 9.17) is 61.6 Å². The number of amides is 1. The third-order valence-corrected chi connectivity index (χ3v) is 22.1. The van der Waals surface area contributed by atoms with Gasteiger partial charge in [-0.15, -0.1) is 0 Å². The van der Waals surface area contributed by atoms with Crippen molar-refractivity contribution in [1.82, 2.24) is 5.32 Å². The monoisotopic (exact) mass is 1310 g/mol. The Balaban J connectivity index is 0.893.